The first-order chi connectivity index (χ1) is 8.79. The van der Waals surface area contributed by atoms with Crippen LogP contribution in [-0.4, -0.2) is 23.6 Å². The average Bonchev–Trinajstić information content (AvgIpc) is 2.64. The maximum Gasteiger partial charge on any atom is 0.339 e. The molecule has 0 aromatic heterocycles. The van der Waals surface area contributed by atoms with Crippen molar-refractivity contribution in [2.45, 2.75) is 38.5 Å². The molecule has 0 saturated carbocycles. The molecule has 1 aliphatic heterocycles. The van der Waals surface area contributed by atoms with Crippen molar-refractivity contribution in [2.24, 2.45) is 5.73 Å². The Balaban J connectivity index is 2.20. The van der Waals surface area contributed by atoms with E-state index in [-0.39, 0.29) is 0 Å². The molecule has 19 heavy (non-hydrogen) atoms. The molecule has 5 heteroatoms. The summed E-state index contributed by atoms with van der Waals surface area (Å²) in [4.78, 5) is 23.6. The van der Waals surface area contributed by atoms with Crippen molar-refractivity contribution < 1.29 is 19.1 Å². The number of nitrogens with two attached hydrogens (primary N) is 1. The van der Waals surface area contributed by atoms with Crippen LogP contribution in [0.1, 0.15) is 42.8 Å². The molecule has 2 N–H and O–H groups in total. The summed E-state index contributed by atoms with van der Waals surface area (Å²) in [5.74, 6) is -1.04. The number of fused-ring (bicyclic) bond motifs is 1. The van der Waals surface area contributed by atoms with E-state index in [0.29, 0.717) is 11.1 Å². The van der Waals surface area contributed by atoms with E-state index in [2.05, 4.69) is 0 Å². The molecule has 5 nitrogen and oxygen atoms in total. The Labute approximate surface area is 111 Å². The summed E-state index contributed by atoms with van der Waals surface area (Å²) in [6.45, 7) is 5.27. The number of cyclic esters (lactones) is 1. The number of esters is 2. The predicted octanol–water partition coefficient (Wildman–Crippen LogP) is 1.57. The summed E-state index contributed by atoms with van der Waals surface area (Å²) in [5, 5.41) is 0. The third-order valence-electron chi connectivity index (χ3n) is 2.73. The molecule has 0 bridgehead atoms. The number of carbonyl (C=O) groups is 2. The maximum atomic E-state index is 11.9. The SMILES string of the molecule is CC(C)(C)OC(=O)C(N)C1OC(=O)c2ccccc21. The predicted molar refractivity (Wildman–Crippen MR) is 68.4 cm³/mol. The van der Waals surface area contributed by atoms with Crippen molar-refractivity contribution >= 4 is 11.9 Å². The van der Waals surface area contributed by atoms with E-state index < -0.39 is 29.7 Å². The van der Waals surface area contributed by atoms with E-state index in [1.165, 1.54) is 0 Å². The second kappa shape index (κ2) is 4.66. The minimum absolute atomic E-state index is 0.450. The second-order valence-electron chi connectivity index (χ2n) is 5.47. The third kappa shape index (κ3) is 2.76. The lowest BCUT2D eigenvalue weighted by atomic mass is 10.0. The molecule has 2 atom stereocenters. The Morgan fingerprint density at radius 3 is 2.63 bits per heavy atom. The Hall–Kier alpha value is -1.88. The van der Waals surface area contributed by atoms with Gasteiger partial charge in [0.2, 0.25) is 0 Å². The fourth-order valence-corrected chi connectivity index (χ4v) is 1.93. The van der Waals surface area contributed by atoms with Crippen molar-refractivity contribution in [3.63, 3.8) is 0 Å². The maximum absolute atomic E-state index is 11.9. The normalized spacial score (nSPS) is 19.6. The number of carbonyl (C=O) groups excluding carboxylic acids is 2. The quantitative estimate of drug-likeness (QED) is 0.819. The van der Waals surface area contributed by atoms with Gasteiger partial charge in [0.1, 0.15) is 11.6 Å². The zero-order valence-electron chi connectivity index (χ0n) is 11.2. The van der Waals surface area contributed by atoms with E-state index >= 15 is 0 Å². The molecule has 0 radical (unpaired) electrons. The first kappa shape index (κ1) is 13.5. The van der Waals surface area contributed by atoms with E-state index in [1.807, 2.05) is 0 Å². The smallest absolute Gasteiger partial charge is 0.339 e. The van der Waals surface area contributed by atoms with Gasteiger partial charge in [-0.15, -0.1) is 0 Å². The van der Waals surface area contributed by atoms with Gasteiger partial charge in [0.05, 0.1) is 5.56 Å². The molecular formula is C14H17NO4. The lowest BCUT2D eigenvalue weighted by Crippen LogP contribution is -2.41. The Bertz CT molecular complexity index is 518. The number of hydrogen-bond donors (Lipinski definition) is 1. The summed E-state index contributed by atoms with van der Waals surface area (Å²) in [6.07, 6.45) is -0.779. The molecule has 2 unspecified atom stereocenters. The molecule has 1 aromatic carbocycles. The number of hydrogen-bond acceptors (Lipinski definition) is 5. The van der Waals surface area contributed by atoms with Gasteiger partial charge in [-0.25, -0.2) is 4.79 Å². The molecule has 1 heterocycles. The van der Waals surface area contributed by atoms with E-state index in [9.17, 15) is 9.59 Å². The van der Waals surface area contributed by atoms with Crippen molar-refractivity contribution in [1.29, 1.82) is 0 Å². The van der Waals surface area contributed by atoms with Gasteiger partial charge in [-0.05, 0) is 26.8 Å². The molecule has 1 aliphatic rings. The minimum atomic E-state index is -1.02. The van der Waals surface area contributed by atoms with Crippen LogP contribution in [0.25, 0.3) is 0 Å². The summed E-state index contributed by atoms with van der Waals surface area (Å²) in [7, 11) is 0. The van der Waals surface area contributed by atoms with Crippen LogP contribution >= 0.6 is 0 Å². The summed E-state index contributed by atoms with van der Waals surface area (Å²) < 4.78 is 10.4. The Morgan fingerprint density at radius 2 is 2.00 bits per heavy atom. The molecular weight excluding hydrogens is 246 g/mol. The summed E-state index contributed by atoms with van der Waals surface area (Å²) >= 11 is 0. The van der Waals surface area contributed by atoms with Gasteiger partial charge in [-0.3, -0.25) is 4.79 Å². The van der Waals surface area contributed by atoms with Crippen molar-refractivity contribution in [2.75, 3.05) is 0 Å². The fourth-order valence-electron chi connectivity index (χ4n) is 1.93. The van der Waals surface area contributed by atoms with Crippen LogP contribution in [0.5, 0.6) is 0 Å². The average molecular weight is 263 g/mol. The number of benzene rings is 1. The summed E-state index contributed by atoms with van der Waals surface area (Å²) in [5.41, 5.74) is 6.31. The molecule has 0 aliphatic carbocycles. The van der Waals surface area contributed by atoms with Crippen LogP contribution in [-0.2, 0) is 14.3 Å². The standard InChI is InChI=1S/C14H17NO4/c1-14(2,3)19-13(17)10(15)11-8-6-4-5-7-9(8)12(16)18-11/h4-7,10-11H,15H2,1-3H3. The van der Waals surface area contributed by atoms with Crippen molar-refractivity contribution in [3.05, 3.63) is 35.4 Å². The van der Waals surface area contributed by atoms with Gasteiger partial charge in [0, 0.05) is 5.56 Å². The highest BCUT2D eigenvalue weighted by Gasteiger charge is 2.39. The fraction of sp³-hybridized carbons (Fsp3) is 0.429. The van der Waals surface area contributed by atoms with E-state index in [0.717, 1.165) is 0 Å². The van der Waals surface area contributed by atoms with Crippen LogP contribution in [0.3, 0.4) is 0 Å². The van der Waals surface area contributed by atoms with Crippen LogP contribution < -0.4 is 5.73 Å². The van der Waals surface area contributed by atoms with Crippen LogP contribution in [0.4, 0.5) is 0 Å². The Morgan fingerprint density at radius 1 is 1.37 bits per heavy atom. The van der Waals surface area contributed by atoms with Gasteiger partial charge in [0.25, 0.3) is 0 Å². The highest BCUT2D eigenvalue weighted by Crippen LogP contribution is 2.32. The van der Waals surface area contributed by atoms with Gasteiger partial charge in [-0.1, -0.05) is 18.2 Å². The number of rotatable bonds is 2. The molecule has 102 valence electrons. The zero-order valence-corrected chi connectivity index (χ0v) is 11.2. The molecule has 1 aromatic rings. The largest absolute Gasteiger partial charge is 0.459 e. The molecule has 0 spiro atoms. The third-order valence-corrected chi connectivity index (χ3v) is 2.73. The number of ether oxygens (including phenoxy) is 2. The van der Waals surface area contributed by atoms with Crippen LogP contribution in [0.15, 0.2) is 24.3 Å². The van der Waals surface area contributed by atoms with E-state index in [1.54, 1.807) is 45.0 Å². The van der Waals surface area contributed by atoms with Gasteiger partial charge < -0.3 is 15.2 Å². The van der Waals surface area contributed by atoms with Crippen LogP contribution in [0.2, 0.25) is 0 Å². The first-order valence-electron chi connectivity index (χ1n) is 6.08. The van der Waals surface area contributed by atoms with Crippen molar-refractivity contribution in [1.82, 2.24) is 0 Å². The molecule has 0 fully saturated rings. The lowest BCUT2D eigenvalue weighted by Gasteiger charge is -2.24. The minimum Gasteiger partial charge on any atom is -0.459 e. The highest BCUT2D eigenvalue weighted by molar-refractivity contribution is 5.95. The monoisotopic (exact) mass is 263 g/mol. The van der Waals surface area contributed by atoms with E-state index in [4.69, 9.17) is 15.2 Å². The Kier molecular flexibility index (Phi) is 3.32. The van der Waals surface area contributed by atoms with Gasteiger partial charge in [-0.2, -0.15) is 0 Å². The highest BCUT2D eigenvalue weighted by atomic mass is 16.6. The summed E-state index contributed by atoms with van der Waals surface area (Å²) in [6, 6.07) is 5.87. The van der Waals surface area contributed by atoms with Gasteiger partial charge in [0.15, 0.2) is 6.10 Å². The molecule has 0 saturated heterocycles. The van der Waals surface area contributed by atoms with Gasteiger partial charge >= 0.3 is 11.9 Å². The topological polar surface area (TPSA) is 78.6 Å². The van der Waals surface area contributed by atoms with Crippen LogP contribution in [0, 0.1) is 0 Å². The zero-order chi connectivity index (χ0) is 14.2. The van der Waals surface area contributed by atoms with Crippen molar-refractivity contribution in [3.8, 4) is 0 Å². The second-order valence-corrected chi connectivity index (χ2v) is 5.47. The molecule has 2 rings (SSSR count). The first-order valence-corrected chi connectivity index (χ1v) is 6.08. The molecule has 0 amide bonds. The lowest BCUT2D eigenvalue weighted by molar-refractivity contribution is -0.159.